The van der Waals surface area contributed by atoms with Crippen molar-refractivity contribution >= 4 is 44.9 Å². The molecule has 3 aromatic rings. The number of piperidine rings is 1. The predicted molar refractivity (Wildman–Crippen MR) is 163 cm³/mol. The molecule has 1 aliphatic carbocycles. The van der Waals surface area contributed by atoms with Crippen LogP contribution >= 0.6 is 23.2 Å². The molecule has 1 aliphatic heterocycles. The van der Waals surface area contributed by atoms with Crippen LogP contribution in [0, 0.1) is 16.0 Å². The molecule has 2 aromatic carbocycles. The summed E-state index contributed by atoms with van der Waals surface area (Å²) in [6, 6.07) is 7.33. The maximum atomic E-state index is 13.8. The van der Waals surface area contributed by atoms with E-state index in [1.54, 1.807) is 0 Å². The Labute approximate surface area is 273 Å². The minimum Gasteiger partial charge on any atom is -0.489 e. The number of benzene rings is 2. The smallest absolute Gasteiger partial charge is 0.387 e. The van der Waals surface area contributed by atoms with Gasteiger partial charge in [0, 0.05) is 37.5 Å². The van der Waals surface area contributed by atoms with Gasteiger partial charge in [0.15, 0.2) is 11.5 Å². The van der Waals surface area contributed by atoms with E-state index in [-0.39, 0.29) is 58.1 Å². The van der Waals surface area contributed by atoms with Crippen molar-refractivity contribution in [1.82, 2.24) is 9.29 Å². The Hall–Kier alpha value is -3.59. The van der Waals surface area contributed by atoms with Crippen LogP contribution in [0.5, 0.6) is 11.5 Å². The zero-order chi connectivity index (χ0) is 33.0. The Balaban J connectivity index is 1.47. The third kappa shape index (κ3) is 8.03. The highest BCUT2D eigenvalue weighted by molar-refractivity contribution is 7.89. The molecule has 2 atom stereocenters. The molecule has 16 heteroatoms. The number of carbonyl (C=O) groups is 1. The molecule has 246 valence electrons. The van der Waals surface area contributed by atoms with Crippen molar-refractivity contribution in [3.8, 4) is 11.5 Å². The van der Waals surface area contributed by atoms with Gasteiger partial charge < -0.3 is 14.2 Å². The van der Waals surface area contributed by atoms with Gasteiger partial charge in [-0.1, -0.05) is 29.3 Å². The maximum absolute atomic E-state index is 13.8. The highest BCUT2D eigenvalue weighted by Gasteiger charge is 2.40. The van der Waals surface area contributed by atoms with Crippen LogP contribution in [0.2, 0.25) is 10.0 Å². The molecule has 0 N–H and O–H groups in total. The first-order valence-corrected chi connectivity index (χ1v) is 16.6. The molecular weight excluding hydrogens is 671 g/mol. The summed E-state index contributed by atoms with van der Waals surface area (Å²) < 4.78 is 71.1. The average Bonchev–Trinajstić information content (AvgIpc) is 3.86. The van der Waals surface area contributed by atoms with E-state index in [1.807, 2.05) is 0 Å². The Kier molecular flexibility index (Phi) is 10.6. The summed E-state index contributed by atoms with van der Waals surface area (Å²) >= 11 is 12.8. The van der Waals surface area contributed by atoms with Gasteiger partial charge >= 0.3 is 12.6 Å². The van der Waals surface area contributed by atoms with E-state index in [2.05, 4.69) is 9.72 Å². The van der Waals surface area contributed by atoms with Gasteiger partial charge in [-0.15, -0.1) is 0 Å². The Morgan fingerprint density at radius 2 is 1.74 bits per heavy atom. The van der Waals surface area contributed by atoms with Crippen LogP contribution in [-0.2, 0) is 26.0 Å². The summed E-state index contributed by atoms with van der Waals surface area (Å²) in [7, 11) is -4.25. The van der Waals surface area contributed by atoms with Crippen molar-refractivity contribution in [2.75, 3.05) is 13.2 Å². The number of ether oxygens (including phenoxy) is 3. The van der Waals surface area contributed by atoms with E-state index in [9.17, 15) is 32.1 Å². The van der Waals surface area contributed by atoms with Gasteiger partial charge in [-0.3, -0.25) is 19.9 Å². The van der Waals surface area contributed by atoms with Crippen molar-refractivity contribution in [1.29, 1.82) is 0 Å². The van der Waals surface area contributed by atoms with Crippen LogP contribution < -0.4 is 9.47 Å². The molecular formula is C30H29Cl2F2N3O8S. The lowest BCUT2D eigenvalue weighted by Crippen LogP contribution is -2.48. The summed E-state index contributed by atoms with van der Waals surface area (Å²) in [6.45, 7) is -2.80. The summed E-state index contributed by atoms with van der Waals surface area (Å²) in [6.07, 6.45) is 4.63. The lowest BCUT2D eigenvalue weighted by molar-refractivity contribution is -0.384. The van der Waals surface area contributed by atoms with Crippen molar-refractivity contribution in [2.45, 2.75) is 62.2 Å². The lowest BCUT2D eigenvalue weighted by atomic mass is 10.0. The second kappa shape index (κ2) is 14.4. The summed E-state index contributed by atoms with van der Waals surface area (Å²) in [5.41, 5.74) is 0.448. The number of nitrogens with zero attached hydrogens (tertiary/aromatic N) is 3. The molecule has 2 aliphatic rings. The van der Waals surface area contributed by atoms with E-state index in [0.29, 0.717) is 29.9 Å². The lowest BCUT2D eigenvalue weighted by Gasteiger charge is -2.34. The number of non-ortho nitro benzene ring substituents is 1. The molecule has 2 fully saturated rings. The summed E-state index contributed by atoms with van der Waals surface area (Å²) in [5, 5.41) is 11.5. The van der Waals surface area contributed by atoms with Crippen LogP contribution in [0.4, 0.5) is 14.5 Å². The standard InChI is InChI=1S/C30H29Cl2F2N3O8S/c31-23-15-35-16-24(32)22(23)14-27(19-6-11-26(45-30(33)34)28(13-19)43-17-18-4-5-18)44-29(38)25-3-1-2-12-36(25)46(41,42)21-9-7-20(8-10-21)37(39)40/h6-11,13,15-16,18,25,27,30H,1-5,12,14,17H2. The summed E-state index contributed by atoms with van der Waals surface area (Å²) in [4.78, 5) is 28.0. The molecule has 1 saturated heterocycles. The first kappa shape index (κ1) is 33.8. The fourth-order valence-electron chi connectivity index (χ4n) is 5.09. The fourth-order valence-corrected chi connectivity index (χ4v) is 7.26. The molecule has 2 unspecified atom stereocenters. The first-order chi connectivity index (χ1) is 21.9. The molecule has 46 heavy (non-hydrogen) atoms. The number of carbonyl (C=O) groups excluding carboxylic acids is 1. The number of sulfonamides is 1. The highest BCUT2D eigenvalue weighted by atomic mass is 35.5. The third-order valence-corrected chi connectivity index (χ3v) is 10.3. The fraction of sp³-hybridized carbons (Fsp3) is 0.400. The largest absolute Gasteiger partial charge is 0.489 e. The average molecular weight is 701 g/mol. The number of nitro groups is 1. The van der Waals surface area contributed by atoms with Crippen LogP contribution in [0.1, 0.15) is 49.3 Å². The van der Waals surface area contributed by atoms with Gasteiger partial charge in [0.1, 0.15) is 12.1 Å². The monoisotopic (exact) mass is 699 g/mol. The zero-order valence-electron chi connectivity index (χ0n) is 24.2. The molecule has 0 radical (unpaired) electrons. The molecule has 0 amide bonds. The zero-order valence-corrected chi connectivity index (χ0v) is 26.5. The number of nitro benzene ring substituents is 1. The Bertz CT molecular complexity index is 1670. The maximum Gasteiger partial charge on any atom is 0.387 e. The number of aromatic nitrogens is 1. The normalized spacial score (nSPS) is 17.8. The summed E-state index contributed by atoms with van der Waals surface area (Å²) in [5.74, 6) is -0.735. The van der Waals surface area contributed by atoms with Gasteiger partial charge in [-0.05, 0) is 73.4 Å². The SMILES string of the molecule is O=C(OC(Cc1c(Cl)cncc1Cl)c1ccc(OC(F)F)c(OCC2CC2)c1)C1CCCCN1S(=O)(=O)c1ccc([N+](=O)[O-])cc1. The molecule has 1 saturated carbocycles. The van der Waals surface area contributed by atoms with Crippen LogP contribution in [0.15, 0.2) is 59.8 Å². The Morgan fingerprint density at radius 1 is 1.04 bits per heavy atom. The second-order valence-corrected chi connectivity index (χ2v) is 13.6. The number of hydrogen-bond acceptors (Lipinski definition) is 9. The number of pyridine rings is 1. The molecule has 1 aromatic heterocycles. The number of halogens is 4. The van der Waals surface area contributed by atoms with Crippen molar-refractivity contribution < 1.29 is 41.1 Å². The second-order valence-electron chi connectivity index (χ2n) is 10.9. The van der Waals surface area contributed by atoms with Gasteiger partial charge in [-0.2, -0.15) is 13.1 Å². The third-order valence-electron chi connectivity index (χ3n) is 7.71. The topological polar surface area (TPSA) is 138 Å². The van der Waals surface area contributed by atoms with Crippen molar-refractivity contribution in [3.05, 3.63) is 86.1 Å². The van der Waals surface area contributed by atoms with Gasteiger partial charge in [-0.25, -0.2) is 8.42 Å². The number of rotatable bonds is 13. The van der Waals surface area contributed by atoms with Crippen LogP contribution in [-0.4, -0.2) is 54.4 Å². The number of esters is 1. The van der Waals surface area contributed by atoms with Crippen molar-refractivity contribution in [2.24, 2.45) is 5.92 Å². The van der Waals surface area contributed by atoms with E-state index in [4.69, 9.17) is 32.7 Å². The molecule has 5 rings (SSSR count). The van der Waals surface area contributed by atoms with Crippen molar-refractivity contribution in [3.63, 3.8) is 0 Å². The molecule has 0 spiro atoms. The molecule has 0 bridgehead atoms. The predicted octanol–water partition coefficient (Wildman–Crippen LogP) is 6.76. The van der Waals surface area contributed by atoms with Gasteiger partial charge in [0.05, 0.1) is 26.5 Å². The quantitative estimate of drug-likeness (QED) is 0.108. The first-order valence-electron chi connectivity index (χ1n) is 14.4. The van der Waals surface area contributed by atoms with Crippen LogP contribution in [0.25, 0.3) is 0 Å². The van der Waals surface area contributed by atoms with Crippen LogP contribution in [0.3, 0.4) is 0 Å². The van der Waals surface area contributed by atoms with E-state index >= 15 is 0 Å². The van der Waals surface area contributed by atoms with Gasteiger partial charge in [0.2, 0.25) is 10.0 Å². The number of hydrogen-bond donors (Lipinski definition) is 0. The highest BCUT2D eigenvalue weighted by Crippen LogP contribution is 2.38. The minimum absolute atomic E-state index is 0.0184. The van der Waals surface area contributed by atoms with Gasteiger partial charge in [0.25, 0.3) is 5.69 Å². The molecule has 11 nitrogen and oxygen atoms in total. The van der Waals surface area contributed by atoms with E-state index in [1.165, 1.54) is 30.6 Å². The Morgan fingerprint density at radius 3 is 2.37 bits per heavy atom. The minimum atomic E-state index is -4.25. The number of alkyl halides is 2. The van der Waals surface area contributed by atoms with E-state index in [0.717, 1.165) is 41.4 Å². The van der Waals surface area contributed by atoms with E-state index < -0.39 is 39.7 Å². The molecule has 2 heterocycles.